The van der Waals surface area contributed by atoms with E-state index in [0.717, 1.165) is 24.3 Å². The van der Waals surface area contributed by atoms with Gasteiger partial charge in [0, 0.05) is 11.3 Å². The summed E-state index contributed by atoms with van der Waals surface area (Å²) in [5, 5.41) is 5.40. The number of carbonyl (C=O) groups excluding carboxylic acids is 2. The molecule has 0 radical (unpaired) electrons. The summed E-state index contributed by atoms with van der Waals surface area (Å²) < 4.78 is 5.06. The number of hydrogen-bond acceptors (Lipinski definition) is 4. The number of thiophene rings is 1. The van der Waals surface area contributed by atoms with E-state index in [9.17, 15) is 9.59 Å². The highest BCUT2D eigenvalue weighted by atomic mass is 32.1. The van der Waals surface area contributed by atoms with Crippen molar-refractivity contribution in [2.24, 2.45) is 0 Å². The van der Waals surface area contributed by atoms with Crippen LogP contribution in [0.1, 0.15) is 34.6 Å². The summed E-state index contributed by atoms with van der Waals surface area (Å²) in [6.45, 7) is 5.27. The van der Waals surface area contributed by atoms with E-state index in [1.54, 1.807) is 13.0 Å². The predicted molar refractivity (Wildman–Crippen MR) is 100 cm³/mol. The predicted octanol–water partition coefficient (Wildman–Crippen LogP) is 2.23. The van der Waals surface area contributed by atoms with E-state index in [4.69, 9.17) is 4.74 Å². The molecule has 1 amide bonds. The number of amides is 1. The Labute approximate surface area is 152 Å². The Balaban J connectivity index is 1.85. The summed E-state index contributed by atoms with van der Waals surface area (Å²) in [6.07, 6.45) is 1.73. The minimum atomic E-state index is -0.387. The molecule has 0 aliphatic carbocycles. The topological polar surface area (TPSA) is 72.0 Å². The fourth-order valence-corrected chi connectivity index (χ4v) is 3.39. The molecular formula is C19H25N2O3S+. The smallest absolute Gasteiger partial charge is 0.341 e. The molecule has 0 aliphatic rings. The zero-order chi connectivity index (χ0) is 18.1. The first-order valence-corrected chi connectivity index (χ1v) is 9.41. The van der Waals surface area contributed by atoms with Crippen molar-refractivity contribution in [3.63, 3.8) is 0 Å². The molecule has 1 heterocycles. The number of hydrogen-bond donors (Lipinski definition) is 2. The second-order valence-corrected chi connectivity index (χ2v) is 6.73. The van der Waals surface area contributed by atoms with Crippen molar-refractivity contribution in [1.29, 1.82) is 0 Å². The van der Waals surface area contributed by atoms with Crippen molar-refractivity contribution in [3.05, 3.63) is 52.4 Å². The van der Waals surface area contributed by atoms with Crippen molar-refractivity contribution in [3.8, 4) is 0 Å². The van der Waals surface area contributed by atoms with Gasteiger partial charge in [0.1, 0.15) is 5.00 Å². The van der Waals surface area contributed by atoms with Crippen LogP contribution in [0.5, 0.6) is 0 Å². The van der Waals surface area contributed by atoms with Gasteiger partial charge in [0.25, 0.3) is 5.91 Å². The van der Waals surface area contributed by atoms with Gasteiger partial charge in [0.2, 0.25) is 0 Å². The molecule has 0 spiro atoms. The van der Waals surface area contributed by atoms with E-state index in [2.05, 4.69) is 17.4 Å². The van der Waals surface area contributed by atoms with Crippen LogP contribution in [0.4, 0.5) is 5.00 Å². The van der Waals surface area contributed by atoms with Crippen LogP contribution in [-0.2, 0) is 22.4 Å². The summed E-state index contributed by atoms with van der Waals surface area (Å²) in [6, 6.07) is 12.0. The lowest BCUT2D eigenvalue weighted by Gasteiger charge is -2.06. The van der Waals surface area contributed by atoms with Crippen LogP contribution in [0.15, 0.2) is 36.4 Å². The molecular weight excluding hydrogens is 336 g/mol. The Hall–Kier alpha value is -2.18. The van der Waals surface area contributed by atoms with Gasteiger partial charge in [-0.05, 0) is 25.0 Å². The first-order chi connectivity index (χ1) is 12.1. The van der Waals surface area contributed by atoms with Crippen LogP contribution < -0.4 is 10.6 Å². The Bertz CT molecular complexity index is 698. The lowest BCUT2D eigenvalue weighted by Crippen LogP contribution is -2.86. The van der Waals surface area contributed by atoms with Gasteiger partial charge >= 0.3 is 5.97 Å². The Kier molecular flexibility index (Phi) is 7.63. The summed E-state index contributed by atoms with van der Waals surface area (Å²) >= 11 is 1.43. The molecule has 1 aromatic heterocycles. The van der Waals surface area contributed by atoms with E-state index in [-0.39, 0.29) is 11.9 Å². The van der Waals surface area contributed by atoms with E-state index < -0.39 is 0 Å². The largest absolute Gasteiger partial charge is 0.462 e. The monoisotopic (exact) mass is 361 g/mol. The maximum absolute atomic E-state index is 12.2. The Morgan fingerprint density at radius 3 is 2.64 bits per heavy atom. The van der Waals surface area contributed by atoms with Crippen molar-refractivity contribution in [1.82, 2.24) is 0 Å². The number of esters is 1. The summed E-state index contributed by atoms with van der Waals surface area (Å²) in [7, 11) is 0. The molecule has 0 unspecified atom stereocenters. The maximum Gasteiger partial charge on any atom is 0.341 e. The van der Waals surface area contributed by atoms with Gasteiger partial charge in [-0.1, -0.05) is 37.3 Å². The lowest BCUT2D eigenvalue weighted by molar-refractivity contribution is -0.643. The average molecular weight is 361 g/mol. The van der Waals surface area contributed by atoms with E-state index >= 15 is 0 Å². The molecule has 0 fully saturated rings. The standard InChI is InChI=1S/C19H24N2O3S/c1-3-15-12-16(19(23)24-4-2)18(25-15)21-17(22)13-20-11-10-14-8-6-5-7-9-14/h5-9,12,20H,3-4,10-11,13H2,1-2H3,(H,21,22)/p+1. The summed E-state index contributed by atoms with van der Waals surface area (Å²) in [5.74, 6) is -0.495. The number of rotatable bonds is 9. The Morgan fingerprint density at radius 2 is 1.96 bits per heavy atom. The highest BCUT2D eigenvalue weighted by molar-refractivity contribution is 7.16. The van der Waals surface area contributed by atoms with Crippen LogP contribution in [-0.4, -0.2) is 31.6 Å². The second kappa shape index (κ2) is 9.96. The van der Waals surface area contributed by atoms with Gasteiger partial charge in [-0.2, -0.15) is 0 Å². The zero-order valence-corrected chi connectivity index (χ0v) is 15.5. The van der Waals surface area contributed by atoms with Crippen molar-refractivity contribution in [2.45, 2.75) is 26.7 Å². The molecule has 0 atom stereocenters. The number of carbonyl (C=O) groups is 2. The number of benzene rings is 1. The highest BCUT2D eigenvalue weighted by Gasteiger charge is 2.19. The van der Waals surface area contributed by atoms with Crippen LogP contribution in [0, 0.1) is 0 Å². The fourth-order valence-electron chi connectivity index (χ4n) is 2.39. The highest BCUT2D eigenvalue weighted by Crippen LogP contribution is 2.29. The SMILES string of the molecule is CCOC(=O)c1cc(CC)sc1NC(=O)C[NH2+]CCc1ccccc1. The number of anilines is 1. The molecule has 0 saturated heterocycles. The van der Waals surface area contributed by atoms with Crippen molar-refractivity contribution in [2.75, 3.05) is 25.0 Å². The third-order valence-corrected chi connectivity index (χ3v) is 4.88. The Morgan fingerprint density at radius 1 is 1.20 bits per heavy atom. The van der Waals surface area contributed by atoms with Crippen LogP contribution in [0.25, 0.3) is 0 Å². The first kappa shape index (κ1) is 19.1. The number of quaternary nitrogens is 1. The molecule has 5 nitrogen and oxygen atoms in total. The molecule has 3 N–H and O–H groups in total. The molecule has 2 rings (SSSR count). The quantitative estimate of drug-likeness (QED) is 0.531. The van der Waals surface area contributed by atoms with E-state index in [0.29, 0.717) is 23.7 Å². The fraction of sp³-hybridized carbons (Fsp3) is 0.368. The van der Waals surface area contributed by atoms with Gasteiger partial charge in [0.15, 0.2) is 6.54 Å². The zero-order valence-electron chi connectivity index (χ0n) is 14.7. The average Bonchev–Trinajstić information content (AvgIpc) is 3.03. The van der Waals surface area contributed by atoms with E-state index in [1.807, 2.05) is 30.4 Å². The number of aryl methyl sites for hydroxylation is 1. The minimum Gasteiger partial charge on any atom is -0.462 e. The maximum atomic E-state index is 12.2. The normalized spacial score (nSPS) is 10.5. The van der Waals surface area contributed by atoms with Crippen LogP contribution >= 0.6 is 11.3 Å². The van der Waals surface area contributed by atoms with Crippen LogP contribution in [0.2, 0.25) is 0 Å². The summed E-state index contributed by atoms with van der Waals surface area (Å²) in [4.78, 5) is 25.2. The van der Waals surface area contributed by atoms with Crippen molar-refractivity contribution >= 4 is 28.2 Å². The van der Waals surface area contributed by atoms with E-state index in [1.165, 1.54) is 16.9 Å². The molecule has 1 aromatic carbocycles. The lowest BCUT2D eigenvalue weighted by atomic mass is 10.1. The number of nitrogens with one attached hydrogen (secondary N) is 1. The second-order valence-electron chi connectivity index (χ2n) is 5.59. The van der Waals surface area contributed by atoms with Crippen molar-refractivity contribution < 1.29 is 19.6 Å². The molecule has 6 heteroatoms. The minimum absolute atomic E-state index is 0.108. The van der Waals surface area contributed by atoms with Gasteiger partial charge in [-0.15, -0.1) is 11.3 Å². The summed E-state index contributed by atoms with van der Waals surface area (Å²) in [5.41, 5.74) is 1.70. The molecule has 2 aromatic rings. The number of nitrogens with two attached hydrogens (primary N) is 1. The van der Waals surface area contributed by atoms with Crippen LogP contribution in [0.3, 0.4) is 0 Å². The molecule has 0 aliphatic heterocycles. The van der Waals surface area contributed by atoms with Gasteiger partial charge < -0.3 is 15.4 Å². The molecule has 0 bridgehead atoms. The third-order valence-electron chi connectivity index (χ3n) is 3.69. The third kappa shape index (κ3) is 5.99. The first-order valence-electron chi connectivity index (χ1n) is 8.59. The van der Waals surface area contributed by atoms with Gasteiger partial charge in [-0.25, -0.2) is 4.79 Å². The molecule has 134 valence electrons. The molecule has 0 saturated carbocycles. The van der Waals surface area contributed by atoms with Gasteiger partial charge in [0.05, 0.1) is 18.7 Å². The van der Waals surface area contributed by atoms with Gasteiger partial charge in [-0.3, -0.25) is 4.79 Å². The number of ether oxygens (including phenoxy) is 1. The molecule has 25 heavy (non-hydrogen) atoms.